The highest BCUT2D eigenvalue weighted by molar-refractivity contribution is 4.66. The van der Waals surface area contributed by atoms with Crippen LogP contribution in [0.5, 0.6) is 0 Å². The first-order chi connectivity index (χ1) is 5.93. The third-order valence-corrected chi connectivity index (χ3v) is 2.98. The zero-order valence-electron chi connectivity index (χ0n) is 8.06. The van der Waals surface area contributed by atoms with E-state index >= 15 is 0 Å². The van der Waals surface area contributed by atoms with Crippen LogP contribution in [0.3, 0.4) is 0 Å². The zero-order chi connectivity index (χ0) is 8.65. The van der Waals surface area contributed by atoms with Crippen LogP contribution in [-0.2, 0) is 5.11 Å². The minimum atomic E-state index is 0.128. The molecule has 0 aromatic rings. The fraction of sp³-hybridized carbons (Fsp3) is 1.00. The first kappa shape index (κ1) is 10.0. The summed E-state index contributed by atoms with van der Waals surface area (Å²) in [5, 5.41) is 10.1. The van der Waals surface area contributed by atoms with Gasteiger partial charge in [0.25, 0.3) is 0 Å². The minimum absolute atomic E-state index is 0.128. The van der Waals surface area contributed by atoms with Crippen molar-refractivity contribution < 1.29 is 5.11 Å². The Morgan fingerprint density at radius 2 is 1.58 bits per heavy atom. The summed E-state index contributed by atoms with van der Waals surface area (Å²) in [6, 6.07) is 0. The average Bonchev–Trinajstić information content (AvgIpc) is 2.57. The molecule has 0 aromatic heterocycles. The molecule has 0 spiro atoms. The van der Waals surface area contributed by atoms with Crippen molar-refractivity contribution in [3.8, 4) is 0 Å². The molecule has 0 amide bonds. The maximum absolute atomic E-state index is 10.1. The highest BCUT2D eigenvalue weighted by Gasteiger charge is 2.13. The highest BCUT2D eigenvalue weighted by atomic mass is 16.2. The van der Waals surface area contributed by atoms with Crippen LogP contribution in [0.4, 0.5) is 0 Å². The van der Waals surface area contributed by atoms with Crippen molar-refractivity contribution in [3.05, 3.63) is 0 Å². The van der Waals surface area contributed by atoms with Gasteiger partial charge in [-0.1, -0.05) is 51.4 Å². The molecule has 12 heavy (non-hydrogen) atoms. The second-order valence-corrected chi connectivity index (χ2v) is 4.06. The molecule has 0 N–H and O–H groups in total. The van der Waals surface area contributed by atoms with E-state index in [9.17, 15) is 5.11 Å². The van der Waals surface area contributed by atoms with Gasteiger partial charge in [0.1, 0.15) is 0 Å². The molecule has 1 heteroatoms. The van der Waals surface area contributed by atoms with Crippen LogP contribution in [0.15, 0.2) is 0 Å². The monoisotopic (exact) mass is 169 g/mol. The van der Waals surface area contributed by atoms with Crippen molar-refractivity contribution >= 4 is 0 Å². The third-order valence-electron chi connectivity index (χ3n) is 2.98. The van der Waals surface area contributed by atoms with Gasteiger partial charge in [-0.25, -0.2) is 5.11 Å². The van der Waals surface area contributed by atoms with E-state index < -0.39 is 0 Å². The van der Waals surface area contributed by atoms with Crippen LogP contribution >= 0.6 is 0 Å². The van der Waals surface area contributed by atoms with Gasteiger partial charge in [-0.05, 0) is 12.3 Å². The van der Waals surface area contributed by atoms with Crippen LogP contribution in [0.25, 0.3) is 0 Å². The van der Waals surface area contributed by atoms with Crippen molar-refractivity contribution in [2.75, 3.05) is 6.61 Å². The summed E-state index contributed by atoms with van der Waals surface area (Å²) in [7, 11) is 0. The fourth-order valence-corrected chi connectivity index (χ4v) is 2.19. The first-order valence-corrected chi connectivity index (χ1v) is 5.51. The average molecular weight is 169 g/mol. The number of hydrogen-bond acceptors (Lipinski definition) is 0. The largest absolute Gasteiger partial charge is 0.237 e. The van der Waals surface area contributed by atoms with Gasteiger partial charge >= 0.3 is 0 Å². The molecule has 1 radical (unpaired) electrons. The lowest BCUT2D eigenvalue weighted by molar-refractivity contribution is 0.185. The maximum Gasteiger partial charge on any atom is 0.0822 e. The summed E-state index contributed by atoms with van der Waals surface area (Å²) in [6.07, 6.45) is 12.0. The lowest BCUT2D eigenvalue weighted by atomic mass is 9.99. The van der Waals surface area contributed by atoms with E-state index in [1.54, 1.807) is 0 Å². The number of hydrogen-bond donors (Lipinski definition) is 0. The Hall–Kier alpha value is -0.0400. The fourth-order valence-electron chi connectivity index (χ4n) is 2.19. The molecule has 1 aliphatic rings. The Bertz CT molecular complexity index is 95.2. The predicted octanol–water partition coefficient (Wildman–Crippen LogP) is 3.56. The molecule has 1 fully saturated rings. The van der Waals surface area contributed by atoms with E-state index in [0.29, 0.717) is 0 Å². The maximum atomic E-state index is 10.1. The van der Waals surface area contributed by atoms with Gasteiger partial charge in [-0.3, -0.25) is 0 Å². The molecular formula is C11H21O. The standard InChI is InChI=1S/C11H21O/c12-10-6-2-1-3-7-11-8-4-5-9-11/h11H,1-10H2. The predicted molar refractivity (Wildman–Crippen MR) is 50.6 cm³/mol. The summed E-state index contributed by atoms with van der Waals surface area (Å²) < 4.78 is 0. The Morgan fingerprint density at radius 3 is 2.25 bits per heavy atom. The van der Waals surface area contributed by atoms with Crippen LogP contribution in [-0.4, -0.2) is 6.61 Å². The van der Waals surface area contributed by atoms with Gasteiger partial charge in [0.05, 0.1) is 6.61 Å². The summed E-state index contributed by atoms with van der Waals surface area (Å²) in [4.78, 5) is 0. The normalized spacial score (nSPS) is 18.8. The zero-order valence-corrected chi connectivity index (χ0v) is 8.06. The lowest BCUT2D eigenvalue weighted by Crippen LogP contribution is -1.92. The third kappa shape index (κ3) is 4.10. The van der Waals surface area contributed by atoms with E-state index in [0.717, 1.165) is 18.8 Å². The molecule has 1 aliphatic carbocycles. The van der Waals surface area contributed by atoms with Crippen molar-refractivity contribution in [1.29, 1.82) is 0 Å². The van der Waals surface area contributed by atoms with Gasteiger partial charge in [0, 0.05) is 0 Å². The molecule has 71 valence electrons. The number of unbranched alkanes of at least 4 members (excludes halogenated alkanes) is 3. The summed E-state index contributed by atoms with van der Waals surface area (Å²) in [6.45, 7) is 0.128. The van der Waals surface area contributed by atoms with Gasteiger partial charge in [0.15, 0.2) is 0 Å². The Balaban J connectivity index is 1.81. The molecule has 0 aliphatic heterocycles. The molecule has 0 bridgehead atoms. The molecule has 1 nitrogen and oxygen atoms in total. The van der Waals surface area contributed by atoms with E-state index in [1.807, 2.05) is 0 Å². The second kappa shape index (κ2) is 6.47. The van der Waals surface area contributed by atoms with E-state index in [2.05, 4.69) is 0 Å². The molecule has 1 rings (SSSR count). The van der Waals surface area contributed by atoms with Crippen LogP contribution in [0.1, 0.15) is 57.8 Å². The summed E-state index contributed by atoms with van der Waals surface area (Å²) in [5.41, 5.74) is 0. The Labute approximate surface area is 76.2 Å². The Kier molecular flexibility index (Phi) is 5.42. The topological polar surface area (TPSA) is 19.9 Å². The molecule has 0 unspecified atom stereocenters. The minimum Gasteiger partial charge on any atom is -0.237 e. The Morgan fingerprint density at radius 1 is 0.917 bits per heavy atom. The molecular weight excluding hydrogens is 148 g/mol. The van der Waals surface area contributed by atoms with E-state index in [4.69, 9.17) is 0 Å². The lowest BCUT2D eigenvalue weighted by Gasteiger charge is -2.07. The van der Waals surface area contributed by atoms with Crippen LogP contribution < -0.4 is 0 Å². The van der Waals surface area contributed by atoms with E-state index in [1.165, 1.54) is 44.9 Å². The molecule has 0 heterocycles. The molecule has 0 aromatic carbocycles. The highest BCUT2D eigenvalue weighted by Crippen LogP contribution is 2.29. The summed E-state index contributed by atoms with van der Waals surface area (Å²) >= 11 is 0. The smallest absolute Gasteiger partial charge is 0.0822 e. The molecule has 1 saturated carbocycles. The van der Waals surface area contributed by atoms with E-state index in [-0.39, 0.29) is 6.61 Å². The van der Waals surface area contributed by atoms with Gasteiger partial charge < -0.3 is 0 Å². The van der Waals surface area contributed by atoms with Crippen LogP contribution in [0.2, 0.25) is 0 Å². The van der Waals surface area contributed by atoms with Crippen molar-refractivity contribution in [2.24, 2.45) is 5.92 Å². The van der Waals surface area contributed by atoms with Gasteiger partial charge in [-0.15, -0.1) is 0 Å². The SMILES string of the molecule is [O]CCCCCCC1CCCC1. The van der Waals surface area contributed by atoms with Crippen molar-refractivity contribution in [1.82, 2.24) is 0 Å². The molecule has 0 atom stereocenters. The van der Waals surface area contributed by atoms with Crippen molar-refractivity contribution in [2.45, 2.75) is 57.8 Å². The van der Waals surface area contributed by atoms with Gasteiger partial charge in [0.2, 0.25) is 0 Å². The van der Waals surface area contributed by atoms with Crippen molar-refractivity contribution in [3.63, 3.8) is 0 Å². The first-order valence-electron chi connectivity index (χ1n) is 5.51. The van der Waals surface area contributed by atoms with Crippen LogP contribution in [0, 0.1) is 5.92 Å². The second-order valence-electron chi connectivity index (χ2n) is 4.06. The summed E-state index contributed by atoms with van der Waals surface area (Å²) in [5.74, 6) is 1.04. The molecule has 0 saturated heterocycles. The van der Waals surface area contributed by atoms with Gasteiger partial charge in [-0.2, -0.15) is 0 Å². The quantitative estimate of drug-likeness (QED) is 0.542. The number of rotatable bonds is 6.